The number of H-pyrrole nitrogens is 1. The Morgan fingerprint density at radius 2 is 1.88 bits per heavy atom. The van der Waals surface area contributed by atoms with E-state index in [1.807, 2.05) is 20.8 Å². The number of carbonyl (C=O) groups excluding carboxylic acids is 2. The first-order valence-electron chi connectivity index (χ1n) is 8.60. The van der Waals surface area contributed by atoms with E-state index in [1.165, 1.54) is 11.8 Å². The number of aromatic amines is 1. The molecule has 2 rings (SSSR count). The molecule has 1 unspecified atom stereocenters. The normalized spacial score (nSPS) is 12.2. The lowest BCUT2D eigenvalue weighted by Crippen LogP contribution is -2.19. The van der Waals surface area contributed by atoms with Gasteiger partial charge in [0.25, 0.3) is 0 Å². The van der Waals surface area contributed by atoms with Crippen LogP contribution in [0.25, 0.3) is 0 Å². The maximum absolute atomic E-state index is 12.6. The fraction of sp³-hybridized carbons (Fsp3) is 0.444. The molecule has 0 radical (unpaired) electrons. The summed E-state index contributed by atoms with van der Waals surface area (Å²) in [6, 6.07) is 6.82. The van der Waals surface area contributed by atoms with Crippen molar-refractivity contribution in [1.29, 1.82) is 0 Å². The molecular weight excluding hydrogens is 352 g/mol. The topological polar surface area (TPSA) is 96.8 Å². The molecule has 0 saturated heterocycles. The number of ketones is 1. The van der Waals surface area contributed by atoms with Crippen LogP contribution in [0.2, 0.25) is 0 Å². The van der Waals surface area contributed by atoms with Crippen LogP contribution in [-0.2, 0) is 11.3 Å². The van der Waals surface area contributed by atoms with Crippen LogP contribution in [0, 0.1) is 5.92 Å². The fourth-order valence-electron chi connectivity index (χ4n) is 2.26. The second-order valence-electron chi connectivity index (χ2n) is 6.31. The monoisotopic (exact) mass is 376 g/mol. The predicted octanol–water partition coefficient (Wildman–Crippen LogP) is 2.94. The van der Waals surface area contributed by atoms with Gasteiger partial charge in [0.1, 0.15) is 0 Å². The Morgan fingerprint density at radius 1 is 1.23 bits per heavy atom. The number of aromatic nitrogens is 3. The lowest BCUT2D eigenvalue weighted by atomic mass is 10.1. The van der Waals surface area contributed by atoms with Crippen molar-refractivity contribution in [3.8, 4) is 0 Å². The molecule has 0 fully saturated rings. The van der Waals surface area contributed by atoms with Crippen molar-refractivity contribution in [3.63, 3.8) is 0 Å². The number of hydrogen-bond donors (Lipinski definition) is 2. The van der Waals surface area contributed by atoms with Crippen LogP contribution >= 0.6 is 11.8 Å². The number of hydrogen-bond acceptors (Lipinski definition) is 5. The molecule has 26 heavy (non-hydrogen) atoms. The second kappa shape index (κ2) is 8.84. The molecule has 0 bridgehead atoms. The molecule has 7 nitrogen and oxygen atoms in total. The van der Waals surface area contributed by atoms with Gasteiger partial charge in [-0.2, -0.15) is 0 Å². The molecule has 0 aliphatic heterocycles. The van der Waals surface area contributed by atoms with Crippen LogP contribution < -0.4 is 11.0 Å². The quantitative estimate of drug-likeness (QED) is 0.545. The minimum absolute atomic E-state index is 0.0600. The molecule has 0 spiro atoms. The van der Waals surface area contributed by atoms with E-state index >= 15 is 0 Å². The average molecular weight is 376 g/mol. The maximum Gasteiger partial charge on any atom is 0.343 e. The summed E-state index contributed by atoms with van der Waals surface area (Å²) >= 11 is 1.25. The summed E-state index contributed by atoms with van der Waals surface area (Å²) in [6.07, 6.45) is 0.804. The SMILES string of the molecule is CCCn1c(SC(C)C(=O)c2ccc(NC(=O)C(C)C)cc2)n[nH]c1=O. The van der Waals surface area contributed by atoms with Gasteiger partial charge in [-0.3, -0.25) is 14.2 Å². The van der Waals surface area contributed by atoms with E-state index in [4.69, 9.17) is 0 Å². The Kier molecular flexibility index (Phi) is 6.79. The number of nitrogens with one attached hydrogen (secondary N) is 2. The first-order valence-corrected chi connectivity index (χ1v) is 9.48. The summed E-state index contributed by atoms with van der Waals surface area (Å²) in [6.45, 7) is 7.96. The molecule has 1 atom stereocenters. The minimum Gasteiger partial charge on any atom is -0.326 e. The molecule has 2 aromatic rings. The molecule has 1 aromatic carbocycles. The highest BCUT2D eigenvalue weighted by Gasteiger charge is 2.20. The molecule has 8 heteroatoms. The molecule has 140 valence electrons. The third kappa shape index (κ3) is 4.85. The van der Waals surface area contributed by atoms with Crippen LogP contribution in [0.1, 0.15) is 44.5 Å². The second-order valence-corrected chi connectivity index (χ2v) is 7.62. The zero-order chi connectivity index (χ0) is 19.3. The van der Waals surface area contributed by atoms with Crippen LogP contribution in [-0.4, -0.2) is 31.7 Å². The summed E-state index contributed by atoms with van der Waals surface area (Å²) < 4.78 is 1.54. The van der Waals surface area contributed by atoms with Gasteiger partial charge in [0.05, 0.1) is 5.25 Å². The first-order chi connectivity index (χ1) is 12.3. The van der Waals surface area contributed by atoms with Crippen molar-refractivity contribution in [2.75, 3.05) is 5.32 Å². The smallest absolute Gasteiger partial charge is 0.326 e. The zero-order valence-corrected chi connectivity index (χ0v) is 16.2. The van der Waals surface area contributed by atoms with Gasteiger partial charge in [-0.25, -0.2) is 9.89 Å². The molecule has 0 saturated carbocycles. The fourth-order valence-corrected chi connectivity index (χ4v) is 3.22. The Hall–Kier alpha value is -2.35. The average Bonchev–Trinajstić information content (AvgIpc) is 2.95. The highest BCUT2D eigenvalue weighted by molar-refractivity contribution is 8.00. The largest absolute Gasteiger partial charge is 0.343 e. The number of thioether (sulfide) groups is 1. The van der Waals surface area contributed by atoms with Crippen LogP contribution in [0.15, 0.2) is 34.2 Å². The summed E-state index contributed by atoms with van der Waals surface area (Å²) in [5, 5.41) is 9.34. The maximum atomic E-state index is 12.6. The van der Waals surface area contributed by atoms with Crippen molar-refractivity contribution in [2.45, 2.75) is 51.1 Å². The molecule has 1 amide bonds. The molecule has 0 aliphatic carbocycles. The van der Waals surface area contributed by atoms with Crippen LogP contribution in [0.4, 0.5) is 5.69 Å². The summed E-state index contributed by atoms with van der Waals surface area (Å²) in [4.78, 5) is 36.1. The third-order valence-corrected chi connectivity index (χ3v) is 4.87. The Morgan fingerprint density at radius 3 is 2.46 bits per heavy atom. The third-order valence-electron chi connectivity index (χ3n) is 3.78. The van der Waals surface area contributed by atoms with Gasteiger partial charge in [0.2, 0.25) is 5.91 Å². The number of benzene rings is 1. The van der Waals surface area contributed by atoms with E-state index in [-0.39, 0.29) is 23.3 Å². The summed E-state index contributed by atoms with van der Waals surface area (Å²) in [5.74, 6) is -0.238. The summed E-state index contributed by atoms with van der Waals surface area (Å²) in [7, 11) is 0. The number of rotatable bonds is 8. The van der Waals surface area contributed by atoms with Crippen molar-refractivity contribution >= 4 is 29.1 Å². The van der Waals surface area contributed by atoms with Gasteiger partial charge in [-0.05, 0) is 37.6 Å². The van der Waals surface area contributed by atoms with E-state index in [1.54, 1.807) is 35.8 Å². The van der Waals surface area contributed by atoms with Gasteiger partial charge < -0.3 is 5.32 Å². The Bertz CT molecular complexity index is 824. The van der Waals surface area contributed by atoms with Crippen molar-refractivity contribution < 1.29 is 9.59 Å². The molecule has 2 N–H and O–H groups in total. The lowest BCUT2D eigenvalue weighted by Gasteiger charge is -2.11. The number of nitrogens with zero attached hydrogens (tertiary/aromatic N) is 2. The predicted molar refractivity (Wildman–Crippen MR) is 103 cm³/mol. The van der Waals surface area contributed by atoms with Crippen LogP contribution in [0.5, 0.6) is 0 Å². The Balaban J connectivity index is 2.06. The van der Waals surface area contributed by atoms with Crippen molar-refractivity contribution in [3.05, 3.63) is 40.3 Å². The van der Waals surface area contributed by atoms with E-state index in [9.17, 15) is 14.4 Å². The van der Waals surface area contributed by atoms with E-state index in [0.717, 1.165) is 6.42 Å². The van der Waals surface area contributed by atoms with Crippen molar-refractivity contribution in [2.24, 2.45) is 5.92 Å². The number of anilines is 1. The van der Waals surface area contributed by atoms with Gasteiger partial charge in [0, 0.05) is 23.7 Å². The van der Waals surface area contributed by atoms with Gasteiger partial charge in [-0.1, -0.05) is 32.5 Å². The van der Waals surface area contributed by atoms with E-state index in [0.29, 0.717) is 23.0 Å². The standard InChI is InChI=1S/C18H24N4O3S/c1-5-10-22-17(25)20-21-18(22)26-12(4)15(23)13-6-8-14(9-7-13)19-16(24)11(2)3/h6-9,11-12H,5,10H2,1-4H3,(H,19,24)(H,20,25). The highest BCUT2D eigenvalue weighted by atomic mass is 32.2. The first kappa shape index (κ1) is 20.0. The molecular formula is C18H24N4O3S. The summed E-state index contributed by atoms with van der Waals surface area (Å²) in [5.41, 5.74) is 0.941. The van der Waals surface area contributed by atoms with E-state index in [2.05, 4.69) is 15.5 Å². The Labute approximate surface area is 156 Å². The molecule has 1 aromatic heterocycles. The number of carbonyl (C=O) groups is 2. The van der Waals surface area contributed by atoms with E-state index < -0.39 is 5.25 Å². The lowest BCUT2D eigenvalue weighted by molar-refractivity contribution is -0.118. The minimum atomic E-state index is -0.392. The molecule has 1 heterocycles. The van der Waals surface area contributed by atoms with Crippen molar-refractivity contribution in [1.82, 2.24) is 14.8 Å². The number of amides is 1. The van der Waals surface area contributed by atoms with Gasteiger partial charge in [-0.15, -0.1) is 5.10 Å². The van der Waals surface area contributed by atoms with Crippen LogP contribution in [0.3, 0.4) is 0 Å². The zero-order valence-electron chi connectivity index (χ0n) is 15.4. The van der Waals surface area contributed by atoms with Gasteiger partial charge >= 0.3 is 5.69 Å². The highest BCUT2D eigenvalue weighted by Crippen LogP contribution is 2.24. The van der Waals surface area contributed by atoms with Gasteiger partial charge in [0.15, 0.2) is 10.9 Å². The number of Topliss-reactive ketones (excluding diaryl/α,β-unsaturated/α-hetero) is 1. The molecule has 0 aliphatic rings.